The second kappa shape index (κ2) is 12.5. The van der Waals surface area contributed by atoms with Gasteiger partial charge in [0.05, 0.1) is 27.3 Å². The molecule has 3 aromatic rings. The van der Waals surface area contributed by atoms with Gasteiger partial charge in [0, 0.05) is 24.4 Å². The number of amides is 2. The summed E-state index contributed by atoms with van der Waals surface area (Å²) in [5.74, 6) is 0.355. The number of aromatic nitrogens is 3. The largest absolute Gasteiger partial charge is 0.342 e. The summed E-state index contributed by atoms with van der Waals surface area (Å²) in [6, 6.07) is 12.1. The van der Waals surface area contributed by atoms with Gasteiger partial charge in [-0.1, -0.05) is 49.3 Å². The van der Waals surface area contributed by atoms with Crippen molar-refractivity contribution in [2.75, 3.05) is 11.1 Å². The lowest BCUT2D eigenvalue weighted by Gasteiger charge is -2.21. The molecule has 0 bridgehead atoms. The average Bonchev–Trinajstić information content (AvgIpc) is 3.25. The molecule has 0 saturated heterocycles. The lowest BCUT2D eigenvalue weighted by atomic mass is 10.0. The van der Waals surface area contributed by atoms with Crippen LogP contribution >= 0.6 is 23.4 Å². The van der Waals surface area contributed by atoms with Gasteiger partial charge in [0.25, 0.3) is 11.6 Å². The van der Waals surface area contributed by atoms with E-state index < -0.39 is 11.0 Å². The topological polar surface area (TPSA) is 132 Å². The summed E-state index contributed by atoms with van der Waals surface area (Å²) < 4.78 is 1.88. The molecular formula is C24H27ClN6O4S. The fourth-order valence-electron chi connectivity index (χ4n) is 3.54. The van der Waals surface area contributed by atoms with Gasteiger partial charge >= 0.3 is 0 Å². The molecule has 0 radical (unpaired) electrons. The number of non-ortho nitro benzene ring substituents is 1. The molecule has 0 unspecified atom stereocenters. The first-order chi connectivity index (χ1) is 17.2. The van der Waals surface area contributed by atoms with Crippen LogP contribution < -0.4 is 10.6 Å². The predicted octanol–water partition coefficient (Wildman–Crippen LogP) is 5.11. The highest BCUT2D eigenvalue weighted by Gasteiger charge is 2.25. The maximum absolute atomic E-state index is 12.9. The number of nitro benzene ring substituents is 1. The van der Waals surface area contributed by atoms with Crippen molar-refractivity contribution in [2.45, 2.75) is 44.9 Å². The number of carbonyl (C=O) groups is 2. The summed E-state index contributed by atoms with van der Waals surface area (Å²) in [6.07, 6.45) is 0.639. The molecule has 1 aromatic heterocycles. The first kappa shape index (κ1) is 27.2. The Morgan fingerprint density at radius 3 is 2.44 bits per heavy atom. The highest BCUT2D eigenvalue weighted by Crippen LogP contribution is 2.26. The minimum Gasteiger partial charge on any atom is -0.342 e. The Kier molecular flexibility index (Phi) is 9.43. The quantitative estimate of drug-likeness (QED) is 0.200. The number of halogens is 1. The number of thioether (sulfide) groups is 1. The molecule has 0 fully saturated rings. The number of nitrogens with one attached hydrogen (secondary N) is 2. The van der Waals surface area contributed by atoms with Crippen LogP contribution in [0.15, 0.2) is 53.7 Å². The molecule has 190 valence electrons. The van der Waals surface area contributed by atoms with E-state index in [-0.39, 0.29) is 29.2 Å². The van der Waals surface area contributed by atoms with Crippen LogP contribution in [-0.4, -0.2) is 37.3 Å². The molecule has 1 heterocycles. The molecule has 36 heavy (non-hydrogen) atoms. The van der Waals surface area contributed by atoms with Crippen molar-refractivity contribution in [1.29, 1.82) is 0 Å². The van der Waals surface area contributed by atoms with Gasteiger partial charge < -0.3 is 15.2 Å². The van der Waals surface area contributed by atoms with Crippen molar-refractivity contribution in [1.82, 2.24) is 20.1 Å². The highest BCUT2D eigenvalue weighted by molar-refractivity contribution is 7.99. The fraction of sp³-hybridized carbons (Fsp3) is 0.333. The summed E-state index contributed by atoms with van der Waals surface area (Å²) in [4.78, 5) is 35.6. The molecule has 3 rings (SSSR count). The monoisotopic (exact) mass is 530 g/mol. The maximum atomic E-state index is 12.9. The second-order valence-electron chi connectivity index (χ2n) is 8.36. The van der Waals surface area contributed by atoms with Crippen molar-refractivity contribution in [3.63, 3.8) is 0 Å². The lowest BCUT2D eigenvalue weighted by molar-refractivity contribution is -0.384. The fourth-order valence-corrected chi connectivity index (χ4v) is 4.57. The zero-order valence-corrected chi connectivity index (χ0v) is 21.7. The van der Waals surface area contributed by atoms with Gasteiger partial charge in [0.2, 0.25) is 5.91 Å². The van der Waals surface area contributed by atoms with Crippen LogP contribution in [0.5, 0.6) is 0 Å². The van der Waals surface area contributed by atoms with Gasteiger partial charge in [-0.2, -0.15) is 0 Å². The van der Waals surface area contributed by atoms with E-state index in [0.717, 1.165) is 0 Å². The van der Waals surface area contributed by atoms with E-state index in [1.165, 1.54) is 36.0 Å². The Labute approximate surface area is 218 Å². The first-order valence-electron chi connectivity index (χ1n) is 11.3. The SMILES string of the molecule is CCn1c(SCC(=O)Nc2ccc([N+](=O)[O-])cc2)nnc1[C@@H](CC(C)C)NC(=O)c1ccccc1Cl. The van der Waals surface area contributed by atoms with Gasteiger partial charge in [-0.3, -0.25) is 19.7 Å². The summed E-state index contributed by atoms with van der Waals surface area (Å²) in [6.45, 7) is 6.60. The van der Waals surface area contributed by atoms with Gasteiger partial charge in [-0.15, -0.1) is 10.2 Å². The molecule has 0 spiro atoms. The third-order valence-electron chi connectivity index (χ3n) is 5.20. The van der Waals surface area contributed by atoms with Gasteiger partial charge in [0.15, 0.2) is 11.0 Å². The number of hydrogen-bond donors (Lipinski definition) is 2. The summed E-state index contributed by atoms with van der Waals surface area (Å²) >= 11 is 7.42. The molecule has 0 aliphatic rings. The van der Waals surface area contributed by atoms with Crippen molar-refractivity contribution in [2.24, 2.45) is 5.92 Å². The van der Waals surface area contributed by atoms with E-state index in [2.05, 4.69) is 34.7 Å². The van der Waals surface area contributed by atoms with E-state index in [4.69, 9.17) is 11.6 Å². The van der Waals surface area contributed by atoms with Crippen LogP contribution in [0, 0.1) is 16.0 Å². The van der Waals surface area contributed by atoms with E-state index in [0.29, 0.717) is 40.2 Å². The van der Waals surface area contributed by atoms with Crippen LogP contribution in [-0.2, 0) is 11.3 Å². The zero-order chi connectivity index (χ0) is 26.2. The number of anilines is 1. The minimum atomic E-state index is -0.500. The Morgan fingerprint density at radius 1 is 1.14 bits per heavy atom. The van der Waals surface area contributed by atoms with Crippen molar-refractivity contribution >= 4 is 46.6 Å². The summed E-state index contributed by atoms with van der Waals surface area (Å²) in [7, 11) is 0. The number of benzene rings is 2. The molecule has 2 aromatic carbocycles. The smallest absolute Gasteiger partial charge is 0.269 e. The molecule has 2 amide bonds. The molecule has 2 N–H and O–H groups in total. The predicted molar refractivity (Wildman–Crippen MR) is 139 cm³/mol. The standard InChI is InChI=1S/C24H27ClN6O4S/c1-4-30-22(20(13-15(2)3)27-23(33)18-7-5-6-8-19(18)25)28-29-24(30)36-14-21(32)26-16-9-11-17(12-10-16)31(34)35/h5-12,15,20H,4,13-14H2,1-3H3,(H,26,32)(H,27,33)/t20-/m1/s1. The third kappa shape index (κ3) is 7.05. The van der Waals surface area contributed by atoms with Gasteiger partial charge in [-0.25, -0.2) is 0 Å². The van der Waals surface area contributed by atoms with Gasteiger partial charge in [-0.05, 0) is 43.5 Å². The second-order valence-corrected chi connectivity index (χ2v) is 9.71. The molecule has 0 aliphatic heterocycles. The Hall–Kier alpha value is -3.44. The summed E-state index contributed by atoms with van der Waals surface area (Å²) in [5.41, 5.74) is 0.791. The number of rotatable bonds is 11. The van der Waals surface area contributed by atoms with Crippen LogP contribution in [0.4, 0.5) is 11.4 Å². The summed E-state index contributed by atoms with van der Waals surface area (Å²) in [5, 5.41) is 26.1. The van der Waals surface area contributed by atoms with Crippen LogP contribution in [0.2, 0.25) is 5.02 Å². The Balaban J connectivity index is 1.71. The molecule has 10 nitrogen and oxygen atoms in total. The highest BCUT2D eigenvalue weighted by atomic mass is 35.5. The Bertz CT molecular complexity index is 1230. The molecule has 0 aliphatic carbocycles. The molecule has 1 atom stereocenters. The molecule has 12 heteroatoms. The average molecular weight is 531 g/mol. The van der Waals surface area contributed by atoms with Crippen molar-refractivity contribution in [3.8, 4) is 0 Å². The first-order valence-corrected chi connectivity index (χ1v) is 12.7. The van der Waals surface area contributed by atoms with E-state index >= 15 is 0 Å². The number of nitro groups is 1. The Morgan fingerprint density at radius 2 is 1.83 bits per heavy atom. The van der Waals surface area contributed by atoms with E-state index in [9.17, 15) is 19.7 Å². The third-order valence-corrected chi connectivity index (χ3v) is 6.49. The zero-order valence-electron chi connectivity index (χ0n) is 20.1. The van der Waals surface area contributed by atoms with Crippen molar-refractivity contribution in [3.05, 3.63) is 75.1 Å². The molecular weight excluding hydrogens is 504 g/mol. The normalized spacial score (nSPS) is 11.8. The molecule has 0 saturated carbocycles. The number of nitrogens with zero attached hydrogens (tertiary/aromatic N) is 4. The van der Waals surface area contributed by atoms with E-state index in [1.54, 1.807) is 24.3 Å². The lowest BCUT2D eigenvalue weighted by Crippen LogP contribution is -2.31. The van der Waals surface area contributed by atoms with Crippen LogP contribution in [0.1, 0.15) is 49.4 Å². The van der Waals surface area contributed by atoms with Crippen LogP contribution in [0.25, 0.3) is 0 Å². The van der Waals surface area contributed by atoms with Crippen LogP contribution in [0.3, 0.4) is 0 Å². The number of hydrogen-bond acceptors (Lipinski definition) is 7. The van der Waals surface area contributed by atoms with Gasteiger partial charge in [0.1, 0.15) is 0 Å². The van der Waals surface area contributed by atoms with Crippen molar-refractivity contribution < 1.29 is 14.5 Å². The number of carbonyl (C=O) groups excluding carboxylic acids is 2. The maximum Gasteiger partial charge on any atom is 0.269 e. The minimum absolute atomic E-state index is 0.0523. The van der Waals surface area contributed by atoms with E-state index in [1.807, 2.05) is 11.5 Å².